The summed E-state index contributed by atoms with van der Waals surface area (Å²) < 4.78 is 0. The lowest BCUT2D eigenvalue weighted by atomic mass is 9.93. The van der Waals surface area contributed by atoms with Crippen LogP contribution >= 0.6 is 0 Å². The Bertz CT molecular complexity index is 383. The fourth-order valence-electron chi connectivity index (χ4n) is 2.15. The molecule has 0 spiro atoms. The van der Waals surface area contributed by atoms with Crippen LogP contribution in [-0.2, 0) is 13.0 Å². The van der Waals surface area contributed by atoms with Crippen molar-refractivity contribution in [2.45, 2.75) is 46.6 Å². The van der Waals surface area contributed by atoms with Gasteiger partial charge in [0.25, 0.3) is 0 Å². The molecule has 0 radical (unpaired) electrons. The first-order chi connectivity index (χ1) is 7.97. The minimum atomic E-state index is 0.441. The third-order valence-corrected chi connectivity index (χ3v) is 3.37. The first-order valence-electron chi connectivity index (χ1n) is 6.43. The van der Waals surface area contributed by atoms with E-state index < -0.39 is 0 Å². The van der Waals surface area contributed by atoms with Crippen molar-refractivity contribution in [1.82, 2.24) is 4.90 Å². The van der Waals surface area contributed by atoms with Crippen molar-refractivity contribution < 1.29 is 5.11 Å². The average molecular weight is 235 g/mol. The van der Waals surface area contributed by atoms with E-state index in [9.17, 15) is 5.11 Å². The van der Waals surface area contributed by atoms with Crippen molar-refractivity contribution in [3.63, 3.8) is 0 Å². The van der Waals surface area contributed by atoms with Crippen molar-refractivity contribution in [3.05, 3.63) is 28.3 Å². The van der Waals surface area contributed by atoms with Crippen LogP contribution in [-0.4, -0.2) is 24.1 Å². The maximum atomic E-state index is 9.93. The molecule has 0 aliphatic carbocycles. The predicted molar refractivity (Wildman–Crippen MR) is 73.6 cm³/mol. The Hall–Kier alpha value is -1.02. The Morgan fingerprint density at radius 3 is 2.35 bits per heavy atom. The molecule has 2 heteroatoms. The summed E-state index contributed by atoms with van der Waals surface area (Å²) >= 11 is 0. The highest BCUT2D eigenvalue weighted by Crippen LogP contribution is 2.28. The van der Waals surface area contributed by atoms with Gasteiger partial charge in [0.15, 0.2) is 0 Å². The number of aryl methyl sites for hydroxylation is 1. The molecule has 1 aromatic rings. The molecule has 0 fully saturated rings. The van der Waals surface area contributed by atoms with E-state index in [4.69, 9.17) is 0 Å². The van der Waals surface area contributed by atoms with E-state index in [-0.39, 0.29) is 0 Å². The molecule has 2 nitrogen and oxygen atoms in total. The van der Waals surface area contributed by atoms with Crippen molar-refractivity contribution in [2.75, 3.05) is 14.1 Å². The molecular formula is C15H25NO. The second-order valence-corrected chi connectivity index (χ2v) is 5.12. The van der Waals surface area contributed by atoms with E-state index in [2.05, 4.69) is 32.8 Å². The lowest BCUT2D eigenvalue weighted by Crippen LogP contribution is -2.14. The normalized spacial score (nSPS) is 11.2. The SMILES string of the molecule is CCCCc1cc(O)c(C)c(C)c1CN(C)C. The summed E-state index contributed by atoms with van der Waals surface area (Å²) in [5.41, 5.74) is 4.95. The summed E-state index contributed by atoms with van der Waals surface area (Å²) in [6.45, 7) is 7.26. The number of hydrogen-bond donors (Lipinski definition) is 1. The lowest BCUT2D eigenvalue weighted by Gasteiger charge is -2.19. The molecule has 0 aromatic heterocycles. The van der Waals surface area contributed by atoms with Crippen LogP contribution in [0.4, 0.5) is 0 Å². The highest BCUT2D eigenvalue weighted by Gasteiger charge is 2.12. The minimum absolute atomic E-state index is 0.441. The second kappa shape index (κ2) is 6.06. The van der Waals surface area contributed by atoms with Crippen LogP contribution in [0.5, 0.6) is 5.75 Å². The molecule has 1 N–H and O–H groups in total. The average Bonchev–Trinajstić information content (AvgIpc) is 2.27. The Kier molecular flexibility index (Phi) is 5.01. The zero-order chi connectivity index (χ0) is 13.0. The first-order valence-corrected chi connectivity index (χ1v) is 6.43. The zero-order valence-corrected chi connectivity index (χ0v) is 11.8. The van der Waals surface area contributed by atoms with E-state index in [1.807, 2.05) is 13.0 Å². The van der Waals surface area contributed by atoms with Crippen molar-refractivity contribution in [1.29, 1.82) is 0 Å². The van der Waals surface area contributed by atoms with Crippen molar-refractivity contribution >= 4 is 0 Å². The lowest BCUT2D eigenvalue weighted by molar-refractivity contribution is 0.398. The summed E-state index contributed by atoms with van der Waals surface area (Å²) in [6, 6.07) is 1.96. The van der Waals surface area contributed by atoms with Crippen molar-refractivity contribution in [2.24, 2.45) is 0 Å². The maximum absolute atomic E-state index is 9.93. The maximum Gasteiger partial charge on any atom is 0.119 e. The van der Waals surface area contributed by atoms with Gasteiger partial charge in [-0.05, 0) is 69.1 Å². The molecule has 0 unspecified atom stereocenters. The molecule has 0 aliphatic rings. The van der Waals surface area contributed by atoms with Gasteiger partial charge >= 0.3 is 0 Å². The van der Waals surface area contributed by atoms with Gasteiger partial charge in [-0.25, -0.2) is 0 Å². The summed E-state index contributed by atoms with van der Waals surface area (Å²) in [7, 11) is 4.18. The van der Waals surface area contributed by atoms with Gasteiger partial charge in [-0.15, -0.1) is 0 Å². The summed E-state index contributed by atoms with van der Waals surface area (Å²) in [6.07, 6.45) is 3.44. The van der Waals surface area contributed by atoms with Gasteiger partial charge in [0.1, 0.15) is 5.75 Å². The fourth-order valence-corrected chi connectivity index (χ4v) is 2.15. The van der Waals surface area contributed by atoms with Gasteiger partial charge < -0.3 is 10.0 Å². The van der Waals surface area contributed by atoms with E-state index in [0.717, 1.165) is 18.5 Å². The largest absolute Gasteiger partial charge is 0.508 e. The number of nitrogens with zero attached hydrogens (tertiary/aromatic N) is 1. The Balaban J connectivity index is 3.15. The van der Waals surface area contributed by atoms with Crippen LogP contribution in [0.3, 0.4) is 0 Å². The smallest absolute Gasteiger partial charge is 0.119 e. The van der Waals surface area contributed by atoms with Gasteiger partial charge in [0.05, 0.1) is 0 Å². The van der Waals surface area contributed by atoms with Gasteiger partial charge in [0.2, 0.25) is 0 Å². The van der Waals surface area contributed by atoms with E-state index >= 15 is 0 Å². The fraction of sp³-hybridized carbons (Fsp3) is 0.600. The van der Waals surface area contributed by atoms with Crippen LogP contribution < -0.4 is 0 Å². The number of unbranched alkanes of at least 4 members (excludes halogenated alkanes) is 1. The van der Waals surface area contributed by atoms with Crippen molar-refractivity contribution in [3.8, 4) is 5.75 Å². The van der Waals surface area contributed by atoms with E-state index in [1.54, 1.807) is 0 Å². The Morgan fingerprint density at radius 2 is 1.82 bits per heavy atom. The molecule has 0 bridgehead atoms. The van der Waals surface area contributed by atoms with Crippen LogP contribution in [0, 0.1) is 13.8 Å². The number of rotatable bonds is 5. The topological polar surface area (TPSA) is 23.5 Å². The molecule has 0 amide bonds. The highest BCUT2D eigenvalue weighted by molar-refractivity contribution is 5.47. The molecule has 17 heavy (non-hydrogen) atoms. The van der Waals surface area contributed by atoms with Gasteiger partial charge in [-0.3, -0.25) is 0 Å². The van der Waals surface area contributed by atoms with E-state index in [0.29, 0.717) is 5.75 Å². The molecule has 0 saturated carbocycles. The third-order valence-electron chi connectivity index (χ3n) is 3.37. The van der Waals surface area contributed by atoms with Gasteiger partial charge in [-0.2, -0.15) is 0 Å². The zero-order valence-electron chi connectivity index (χ0n) is 11.8. The first kappa shape index (κ1) is 14.0. The number of benzene rings is 1. The van der Waals surface area contributed by atoms with E-state index in [1.165, 1.54) is 29.5 Å². The van der Waals surface area contributed by atoms with Crippen LogP contribution in [0.25, 0.3) is 0 Å². The van der Waals surface area contributed by atoms with Crippen LogP contribution in [0.2, 0.25) is 0 Å². The minimum Gasteiger partial charge on any atom is -0.508 e. The van der Waals surface area contributed by atoms with Gasteiger partial charge in [0, 0.05) is 6.54 Å². The molecule has 1 aromatic carbocycles. The molecule has 0 heterocycles. The quantitative estimate of drug-likeness (QED) is 0.845. The van der Waals surface area contributed by atoms with Gasteiger partial charge in [-0.1, -0.05) is 13.3 Å². The summed E-state index contributed by atoms with van der Waals surface area (Å²) in [5, 5.41) is 9.93. The Morgan fingerprint density at radius 1 is 1.18 bits per heavy atom. The highest BCUT2D eigenvalue weighted by atomic mass is 16.3. The molecule has 0 atom stereocenters. The summed E-state index contributed by atoms with van der Waals surface area (Å²) in [5.74, 6) is 0.441. The molecular weight excluding hydrogens is 210 g/mol. The molecule has 0 saturated heterocycles. The molecule has 0 aliphatic heterocycles. The standard InChI is InChI=1S/C15H25NO/c1-6-7-8-13-9-15(17)12(3)11(2)14(13)10-16(4)5/h9,17H,6-8,10H2,1-5H3. The van der Waals surface area contributed by atoms with Crippen LogP contribution in [0.15, 0.2) is 6.07 Å². The number of aromatic hydroxyl groups is 1. The van der Waals surface area contributed by atoms with Crippen LogP contribution in [0.1, 0.15) is 42.0 Å². The number of phenolic OH excluding ortho intramolecular Hbond substituents is 1. The monoisotopic (exact) mass is 235 g/mol. The molecule has 96 valence electrons. The second-order valence-electron chi connectivity index (χ2n) is 5.12. The predicted octanol–water partition coefficient (Wildman–Crippen LogP) is 3.41. The Labute approximate surface area is 105 Å². The molecule has 1 rings (SSSR count). The number of phenols is 1. The third kappa shape index (κ3) is 3.47. The number of hydrogen-bond acceptors (Lipinski definition) is 2. The summed E-state index contributed by atoms with van der Waals surface area (Å²) in [4.78, 5) is 2.19.